The molecule has 2 bridgehead atoms. The summed E-state index contributed by atoms with van der Waals surface area (Å²) >= 11 is 3.28. The van der Waals surface area contributed by atoms with Gasteiger partial charge in [0.2, 0.25) is 5.91 Å². The van der Waals surface area contributed by atoms with Crippen molar-refractivity contribution < 1.29 is 9.18 Å². The number of anilines is 1. The third-order valence-electron chi connectivity index (χ3n) is 4.25. The average molecular weight is 378 g/mol. The van der Waals surface area contributed by atoms with E-state index in [4.69, 9.17) is 0 Å². The van der Waals surface area contributed by atoms with Gasteiger partial charge >= 0.3 is 0 Å². The monoisotopic (exact) mass is 376 g/mol. The predicted octanol–water partition coefficient (Wildman–Crippen LogP) is 3.87. The molecule has 0 saturated carbocycles. The van der Waals surface area contributed by atoms with Crippen molar-refractivity contribution >= 4 is 39.9 Å². The molecule has 2 fully saturated rings. The number of carbonyl (C=O) groups excluding carboxylic acids is 1. The quantitative estimate of drug-likeness (QED) is 0.839. The van der Waals surface area contributed by atoms with E-state index >= 15 is 0 Å². The summed E-state index contributed by atoms with van der Waals surface area (Å²) in [7, 11) is 0. The third kappa shape index (κ3) is 4.18. The Morgan fingerprint density at radius 3 is 2.67 bits per heavy atom. The van der Waals surface area contributed by atoms with Gasteiger partial charge in [-0.25, -0.2) is 4.39 Å². The summed E-state index contributed by atoms with van der Waals surface area (Å²) in [5.74, 6) is -0.0656. The fourth-order valence-electron chi connectivity index (χ4n) is 3.40. The van der Waals surface area contributed by atoms with Crippen LogP contribution in [0.25, 0.3) is 0 Å². The molecule has 0 radical (unpaired) electrons. The Kier molecular flexibility index (Phi) is 5.63. The van der Waals surface area contributed by atoms with Crippen molar-refractivity contribution in [1.29, 1.82) is 0 Å². The van der Waals surface area contributed by atoms with Crippen molar-refractivity contribution in [1.82, 2.24) is 5.32 Å². The van der Waals surface area contributed by atoms with Crippen LogP contribution < -0.4 is 10.6 Å². The van der Waals surface area contributed by atoms with E-state index in [1.165, 1.54) is 18.9 Å². The van der Waals surface area contributed by atoms with Crippen molar-refractivity contribution in [2.45, 2.75) is 44.2 Å². The molecule has 1 aromatic carbocycles. The first-order chi connectivity index (χ1) is 9.60. The normalized spacial score (nSPS) is 27.0. The first kappa shape index (κ1) is 16.7. The Labute approximate surface area is 138 Å². The lowest BCUT2D eigenvalue weighted by molar-refractivity contribution is -0.117. The van der Waals surface area contributed by atoms with Gasteiger partial charge in [-0.2, -0.15) is 0 Å². The van der Waals surface area contributed by atoms with Crippen LogP contribution in [0.4, 0.5) is 10.1 Å². The molecule has 2 aliphatic rings. The highest BCUT2D eigenvalue weighted by Gasteiger charge is 2.34. The largest absolute Gasteiger partial charge is 0.324 e. The van der Waals surface area contributed by atoms with Crippen molar-refractivity contribution in [3.63, 3.8) is 0 Å². The molecule has 3 nitrogen and oxygen atoms in total. The molecule has 1 aromatic rings. The lowest BCUT2D eigenvalue weighted by atomic mass is 9.89. The average Bonchev–Trinajstić information content (AvgIpc) is 2.73. The van der Waals surface area contributed by atoms with Crippen molar-refractivity contribution in [3.05, 3.63) is 28.5 Å². The summed E-state index contributed by atoms with van der Waals surface area (Å²) in [5.41, 5.74) is 0.251. The van der Waals surface area contributed by atoms with Gasteiger partial charge in [0.1, 0.15) is 5.82 Å². The standard InChI is InChI=1S/C15H18BrFN2O.ClH/c16-10-1-4-13(17)14(8-10)19-15(20)7-9-5-11-2-3-12(6-9)18-11;/h1,4,8-9,11-12,18H,2-3,5-7H2,(H,19,20);1H. The SMILES string of the molecule is Cl.O=C(CC1CC2CCC(C1)N2)Nc1cc(Br)ccc1F. The van der Waals surface area contributed by atoms with E-state index in [2.05, 4.69) is 26.6 Å². The number of hydrogen-bond donors (Lipinski definition) is 2. The molecule has 2 N–H and O–H groups in total. The van der Waals surface area contributed by atoms with Gasteiger partial charge in [0, 0.05) is 23.0 Å². The number of piperidine rings is 1. The Balaban J connectivity index is 0.00000161. The van der Waals surface area contributed by atoms with E-state index in [0.29, 0.717) is 24.4 Å². The van der Waals surface area contributed by atoms with Crippen LogP contribution in [-0.4, -0.2) is 18.0 Å². The second kappa shape index (κ2) is 7.07. The van der Waals surface area contributed by atoms with Gasteiger partial charge in [-0.15, -0.1) is 12.4 Å². The van der Waals surface area contributed by atoms with E-state index in [-0.39, 0.29) is 24.0 Å². The molecule has 116 valence electrons. The first-order valence-electron chi connectivity index (χ1n) is 7.11. The number of amides is 1. The molecule has 0 aliphatic carbocycles. The molecule has 2 atom stereocenters. The molecule has 0 aromatic heterocycles. The second-order valence-electron chi connectivity index (χ2n) is 5.85. The van der Waals surface area contributed by atoms with Gasteiger partial charge in [0.05, 0.1) is 5.69 Å². The van der Waals surface area contributed by atoms with Crippen LogP contribution in [0.2, 0.25) is 0 Å². The van der Waals surface area contributed by atoms with Gasteiger partial charge in [-0.1, -0.05) is 15.9 Å². The summed E-state index contributed by atoms with van der Waals surface area (Å²) in [6.45, 7) is 0. The number of nitrogens with one attached hydrogen (secondary N) is 2. The lowest BCUT2D eigenvalue weighted by Crippen LogP contribution is -2.39. The summed E-state index contributed by atoms with van der Waals surface area (Å²) in [6, 6.07) is 5.72. The number of halogens is 3. The van der Waals surface area contributed by atoms with E-state index in [1.807, 2.05) is 0 Å². The van der Waals surface area contributed by atoms with Crippen LogP contribution in [0.3, 0.4) is 0 Å². The number of benzene rings is 1. The Bertz CT molecular complexity index is 516. The molecular weight excluding hydrogens is 359 g/mol. The zero-order valence-electron chi connectivity index (χ0n) is 11.6. The molecule has 6 heteroatoms. The van der Waals surface area contributed by atoms with E-state index in [9.17, 15) is 9.18 Å². The van der Waals surface area contributed by atoms with Crippen LogP contribution in [-0.2, 0) is 4.79 Å². The second-order valence-corrected chi connectivity index (χ2v) is 6.77. The molecule has 2 aliphatic heterocycles. The minimum absolute atomic E-state index is 0. The summed E-state index contributed by atoms with van der Waals surface area (Å²) in [5, 5.41) is 6.25. The van der Waals surface area contributed by atoms with Crippen LogP contribution >= 0.6 is 28.3 Å². The van der Waals surface area contributed by atoms with Gasteiger partial charge in [0.15, 0.2) is 0 Å². The predicted molar refractivity (Wildman–Crippen MR) is 87.3 cm³/mol. The van der Waals surface area contributed by atoms with Crippen molar-refractivity contribution in [3.8, 4) is 0 Å². The molecule has 3 rings (SSSR count). The smallest absolute Gasteiger partial charge is 0.224 e. The molecule has 1 amide bonds. The van der Waals surface area contributed by atoms with Gasteiger partial charge in [0.25, 0.3) is 0 Å². The summed E-state index contributed by atoms with van der Waals surface area (Å²) in [6.07, 6.45) is 5.06. The Hall–Kier alpha value is -0.650. The maximum absolute atomic E-state index is 13.6. The number of carbonyl (C=O) groups is 1. The minimum Gasteiger partial charge on any atom is -0.324 e. The van der Waals surface area contributed by atoms with Crippen LogP contribution in [0.1, 0.15) is 32.1 Å². The highest BCUT2D eigenvalue weighted by atomic mass is 79.9. The summed E-state index contributed by atoms with van der Waals surface area (Å²) < 4.78 is 14.4. The zero-order chi connectivity index (χ0) is 14.1. The van der Waals surface area contributed by atoms with Crippen molar-refractivity contribution in [2.24, 2.45) is 5.92 Å². The van der Waals surface area contributed by atoms with Crippen LogP contribution in [0.15, 0.2) is 22.7 Å². The van der Waals surface area contributed by atoms with Crippen molar-refractivity contribution in [2.75, 3.05) is 5.32 Å². The molecule has 21 heavy (non-hydrogen) atoms. The number of fused-ring (bicyclic) bond motifs is 2. The molecule has 2 saturated heterocycles. The lowest BCUT2D eigenvalue weighted by Gasteiger charge is -2.28. The fraction of sp³-hybridized carbons (Fsp3) is 0.533. The molecular formula is C15H19BrClFN2O. The molecule has 2 heterocycles. The maximum atomic E-state index is 13.6. The Morgan fingerprint density at radius 2 is 2.00 bits per heavy atom. The van der Waals surface area contributed by atoms with E-state index < -0.39 is 5.82 Å². The number of hydrogen-bond acceptors (Lipinski definition) is 2. The minimum atomic E-state index is -0.396. The fourth-order valence-corrected chi connectivity index (χ4v) is 3.76. The first-order valence-corrected chi connectivity index (χ1v) is 7.90. The van der Waals surface area contributed by atoms with Gasteiger partial charge in [-0.3, -0.25) is 4.79 Å². The molecule has 0 spiro atoms. The summed E-state index contributed by atoms with van der Waals surface area (Å²) in [4.78, 5) is 12.1. The van der Waals surface area contributed by atoms with E-state index in [1.54, 1.807) is 12.1 Å². The molecule has 2 unspecified atom stereocenters. The van der Waals surface area contributed by atoms with Crippen LogP contribution in [0.5, 0.6) is 0 Å². The zero-order valence-corrected chi connectivity index (χ0v) is 14.0. The highest BCUT2D eigenvalue weighted by Crippen LogP contribution is 2.33. The third-order valence-corrected chi connectivity index (χ3v) is 4.74. The van der Waals surface area contributed by atoms with E-state index in [0.717, 1.165) is 17.3 Å². The number of rotatable bonds is 3. The maximum Gasteiger partial charge on any atom is 0.224 e. The van der Waals surface area contributed by atoms with Crippen LogP contribution in [0, 0.1) is 11.7 Å². The highest BCUT2D eigenvalue weighted by molar-refractivity contribution is 9.10. The Morgan fingerprint density at radius 1 is 1.33 bits per heavy atom. The topological polar surface area (TPSA) is 41.1 Å². The van der Waals surface area contributed by atoms with Gasteiger partial charge < -0.3 is 10.6 Å². The van der Waals surface area contributed by atoms with Gasteiger partial charge in [-0.05, 0) is 49.8 Å².